The summed E-state index contributed by atoms with van der Waals surface area (Å²) in [7, 11) is 0. The summed E-state index contributed by atoms with van der Waals surface area (Å²) in [6.07, 6.45) is 3.97. The van der Waals surface area contributed by atoms with E-state index in [1.54, 1.807) is 0 Å². The van der Waals surface area contributed by atoms with Gasteiger partial charge in [0.1, 0.15) is 0 Å². The van der Waals surface area contributed by atoms with Gasteiger partial charge in [-0.25, -0.2) is 0 Å². The van der Waals surface area contributed by atoms with Crippen molar-refractivity contribution in [2.75, 3.05) is 19.6 Å². The lowest BCUT2D eigenvalue weighted by atomic mass is 9.94. The van der Waals surface area contributed by atoms with Crippen molar-refractivity contribution in [3.63, 3.8) is 0 Å². The molecule has 0 aromatic rings. The Bertz CT molecular complexity index is 199. The molecule has 16 heavy (non-hydrogen) atoms. The van der Waals surface area contributed by atoms with E-state index in [9.17, 15) is 0 Å². The summed E-state index contributed by atoms with van der Waals surface area (Å²) >= 11 is 0. The van der Waals surface area contributed by atoms with E-state index < -0.39 is 0 Å². The normalized spacial score (nSPS) is 26.2. The zero-order valence-electron chi connectivity index (χ0n) is 11.8. The van der Waals surface area contributed by atoms with Crippen molar-refractivity contribution in [2.24, 2.45) is 5.92 Å². The van der Waals surface area contributed by atoms with Gasteiger partial charge in [-0.3, -0.25) is 4.90 Å². The molecule has 0 aromatic heterocycles. The summed E-state index contributed by atoms with van der Waals surface area (Å²) in [5.41, 5.74) is 0.293. The van der Waals surface area contributed by atoms with Gasteiger partial charge in [0.05, 0.1) is 0 Å². The maximum absolute atomic E-state index is 3.68. The van der Waals surface area contributed by atoms with Crippen LogP contribution in [0.2, 0.25) is 0 Å². The van der Waals surface area contributed by atoms with E-state index in [4.69, 9.17) is 0 Å². The molecule has 1 aliphatic rings. The predicted molar refractivity (Wildman–Crippen MR) is 71.8 cm³/mol. The monoisotopic (exact) mass is 226 g/mol. The zero-order chi connectivity index (χ0) is 12.2. The molecule has 1 atom stereocenters. The fraction of sp³-hybridized carbons (Fsp3) is 1.00. The van der Waals surface area contributed by atoms with Crippen LogP contribution in [0.25, 0.3) is 0 Å². The standard InChI is InChI=1S/C14H30N2/c1-6-7-8-16-11-14(4,5)15-10-13(16)9-12(2)3/h12-13,15H,6-11H2,1-5H3. The van der Waals surface area contributed by atoms with Gasteiger partial charge in [0.15, 0.2) is 0 Å². The average molecular weight is 226 g/mol. The Morgan fingerprint density at radius 3 is 2.62 bits per heavy atom. The highest BCUT2D eigenvalue weighted by molar-refractivity contribution is 4.92. The number of piperazine rings is 1. The number of hydrogen-bond acceptors (Lipinski definition) is 2. The maximum atomic E-state index is 3.68. The summed E-state index contributed by atoms with van der Waals surface area (Å²) in [4.78, 5) is 2.71. The Hall–Kier alpha value is -0.0800. The van der Waals surface area contributed by atoms with Gasteiger partial charge in [0.25, 0.3) is 0 Å². The molecule has 1 unspecified atom stereocenters. The van der Waals surface area contributed by atoms with E-state index in [0.29, 0.717) is 5.54 Å². The summed E-state index contributed by atoms with van der Waals surface area (Å²) < 4.78 is 0. The molecule has 1 rings (SSSR count). The Balaban J connectivity index is 2.53. The number of rotatable bonds is 5. The van der Waals surface area contributed by atoms with Crippen molar-refractivity contribution < 1.29 is 0 Å². The molecule has 96 valence electrons. The minimum Gasteiger partial charge on any atom is -0.309 e. The Morgan fingerprint density at radius 1 is 1.38 bits per heavy atom. The van der Waals surface area contributed by atoms with Crippen LogP contribution in [-0.4, -0.2) is 36.1 Å². The van der Waals surface area contributed by atoms with Crippen LogP contribution in [0.4, 0.5) is 0 Å². The predicted octanol–water partition coefficient (Wildman–Crippen LogP) is 2.89. The molecular weight excluding hydrogens is 196 g/mol. The Morgan fingerprint density at radius 2 is 2.06 bits per heavy atom. The topological polar surface area (TPSA) is 15.3 Å². The summed E-state index contributed by atoms with van der Waals surface area (Å²) in [6, 6.07) is 0.750. The number of nitrogens with zero attached hydrogens (tertiary/aromatic N) is 1. The van der Waals surface area contributed by atoms with Crippen LogP contribution in [0, 0.1) is 5.92 Å². The molecule has 0 aromatic carbocycles. The van der Waals surface area contributed by atoms with Gasteiger partial charge in [-0.1, -0.05) is 27.2 Å². The molecule has 0 amide bonds. The van der Waals surface area contributed by atoms with Crippen LogP contribution >= 0.6 is 0 Å². The molecule has 2 nitrogen and oxygen atoms in total. The van der Waals surface area contributed by atoms with Crippen molar-refractivity contribution in [2.45, 2.75) is 65.5 Å². The van der Waals surface area contributed by atoms with Crippen molar-refractivity contribution in [3.05, 3.63) is 0 Å². The quantitative estimate of drug-likeness (QED) is 0.775. The van der Waals surface area contributed by atoms with Gasteiger partial charge >= 0.3 is 0 Å². The van der Waals surface area contributed by atoms with Crippen LogP contribution in [0.3, 0.4) is 0 Å². The van der Waals surface area contributed by atoms with E-state index >= 15 is 0 Å². The van der Waals surface area contributed by atoms with E-state index in [1.807, 2.05) is 0 Å². The van der Waals surface area contributed by atoms with Gasteiger partial charge < -0.3 is 5.32 Å². The van der Waals surface area contributed by atoms with Gasteiger partial charge in [-0.05, 0) is 39.2 Å². The lowest BCUT2D eigenvalue weighted by Crippen LogP contribution is -2.61. The second kappa shape index (κ2) is 6.02. The lowest BCUT2D eigenvalue weighted by Gasteiger charge is -2.45. The third-order valence-electron chi connectivity index (χ3n) is 3.47. The van der Waals surface area contributed by atoms with Crippen molar-refractivity contribution >= 4 is 0 Å². The molecule has 0 bridgehead atoms. The smallest absolute Gasteiger partial charge is 0.0252 e. The van der Waals surface area contributed by atoms with Gasteiger partial charge in [-0.2, -0.15) is 0 Å². The van der Waals surface area contributed by atoms with Crippen molar-refractivity contribution in [1.82, 2.24) is 10.2 Å². The molecule has 0 radical (unpaired) electrons. The summed E-state index contributed by atoms with van der Waals surface area (Å²) in [5, 5.41) is 3.68. The fourth-order valence-electron chi connectivity index (χ4n) is 2.62. The molecule has 0 aliphatic carbocycles. The first kappa shape index (κ1) is 14.0. The number of unbranched alkanes of at least 4 members (excludes halogenated alkanes) is 1. The number of hydrogen-bond donors (Lipinski definition) is 1. The van der Waals surface area contributed by atoms with Crippen LogP contribution in [0.5, 0.6) is 0 Å². The highest BCUT2D eigenvalue weighted by Gasteiger charge is 2.31. The molecule has 1 heterocycles. The zero-order valence-corrected chi connectivity index (χ0v) is 11.8. The minimum absolute atomic E-state index is 0.293. The highest BCUT2D eigenvalue weighted by atomic mass is 15.2. The SMILES string of the molecule is CCCCN1CC(C)(C)NCC1CC(C)C. The Labute approximate surface area is 102 Å². The van der Waals surface area contributed by atoms with E-state index in [2.05, 4.69) is 44.8 Å². The summed E-state index contributed by atoms with van der Waals surface area (Å²) in [6.45, 7) is 15.2. The molecule has 2 heteroatoms. The van der Waals surface area contributed by atoms with Gasteiger partial charge in [0, 0.05) is 24.7 Å². The molecule has 1 aliphatic heterocycles. The first-order valence-corrected chi connectivity index (χ1v) is 6.93. The molecule has 1 N–H and O–H groups in total. The fourth-order valence-corrected chi connectivity index (χ4v) is 2.62. The average Bonchev–Trinajstić information content (AvgIpc) is 2.17. The third kappa shape index (κ3) is 4.42. The highest BCUT2D eigenvalue weighted by Crippen LogP contribution is 2.20. The minimum atomic E-state index is 0.293. The van der Waals surface area contributed by atoms with Gasteiger partial charge in [-0.15, -0.1) is 0 Å². The van der Waals surface area contributed by atoms with Crippen LogP contribution in [0.1, 0.15) is 53.9 Å². The Kier molecular flexibility index (Phi) is 5.26. The molecule has 0 saturated carbocycles. The van der Waals surface area contributed by atoms with E-state index in [0.717, 1.165) is 18.5 Å². The van der Waals surface area contributed by atoms with Crippen LogP contribution < -0.4 is 5.32 Å². The van der Waals surface area contributed by atoms with Gasteiger partial charge in [0.2, 0.25) is 0 Å². The van der Waals surface area contributed by atoms with Crippen LogP contribution in [0.15, 0.2) is 0 Å². The second-order valence-corrected chi connectivity index (χ2v) is 6.37. The van der Waals surface area contributed by atoms with Crippen LogP contribution in [-0.2, 0) is 0 Å². The molecule has 1 fully saturated rings. The third-order valence-corrected chi connectivity index (χ3v) is 3.47. The van der Waals surface area contributed by atoms with E-state index in [-0.39, 0.29) is 0 Å². The summed E-state index contributed by atoms with van der Waals surface area (Å²) in [5.74, 6) is 0.803. The molecule has 0 spiro atoms. The lowest BCUT2D eigenvalue weighted by molar-refractivity contribution is 0.0815. The maximum Gasteiger partial charge on any atom is 0.0252 e. The van der Waals surface area contributed by atoms with Crippen molar-refractivity contribution in [3.8, 4) is 0 Å². The molecule has 1 saturated heterocycles. The first-order chi connectivity index (χ1) is 7.44. The second-order valence-electron chi connectivity index (χ2n) is 6.37. The van der Waals surface area contributed by atoms with Crippen molar-refractivity contribution in [1.29, 1.82) is 0 Å². The number of nitrogens with one attached hydrogen (secondary N) is 1. The largest absolute Gasteiger partial charge is 0.309 e. The molecular formula is C14H30N2. The van der Waals surface area contributed by atoms with E-state index in [1.165, 1.54) is 32.4 Å². The first-order valence-electron chi connectivity index (χ1n) is 6.93.